The number of nitrogens with one attached hydrogen (secondary N) is 2. The molecule has 0 unspecified atom stereocenters. The minimum atomic E-state index is -0.723. The molecule has 34 heavy (non-hydrogen) atoms. The van der Waals surface area contributed by atoms with Crippen LogP contribution in [0.15, 0.2) is 60.7 Å². The molecule has 4 rings (SSSR count). The summed E-state index contributed by atoms with van der Waals surface area (Å²) in [4.78, 5) is 40.1. The Morgan fingerprint density at radius 3 is 2.38 bits per heavy atom. The Bertz CT molecular complexity index is 1190. The van der Waals surface area contributed by atoms with Crippen molar-refractivity contribution in [2.24, 2.45) is 5.73 Å². The zero-order valence-corrected chi connectivity index (χ0v) is 19.3. The first-order valence-electron chi connectivity index (χ1n) is 11.8. The van der Waals surface area contributed by atoms with Crippen LogP contribution in [0.2, 0.25) is 0 Å². The van der Waals surface area contributed by atoms with Crippen LogP contribution in [-0.4, -0.2) is 35.2 Å². The lowest BCUT2D eigenvalue weighted by molar-refractivity contribution is -0.121. The highest BCUT2D eigenvalue weighted by molar-refractivity contribution is 6.26. The van der Waals surface area contributed by atoms with Gasteiger partial charge in [-0.2, -0.15) is 0 Å². The molecule has 0 saturated carbocycles. The van der Waals surface area contributed by atoms with E-state index in [1.807, 2.05) is 36.4 Å². The third-order valence-corrected chi connectivity index (χ3v) is 6.18. The number of anilines is 1. The second kappa shape index (κ2) is 10.5. The van der Waals surface area contributed by atoms with Crippen molar-refractivity contribution in [2.45, 2.75) is 45.1 Å². The van der Waals surface area contributed by atoms with Crippen LogP contribution in [0.5, 0.6) is 0 Å². The molecule has 3 aromatic carbocycles. The van der Waals surface area contributed by atoms with E-state index < -0.39 is 6.04 Å². The number of amides is 3. The number of nitrogens with zero attached hydrogens (tertiary/aromatic N) is 1. The predicted octanol–water partition coefficient (Wildman–Crippen LogP) is 4.03. The van der Waals surface area contributed by atoms with Gasteiger partial charge in [-0.3, -0.25) is 30.1 Å². The molecule has 0 aliphatic carbocycles. The van der Waals surface area contributed by atoms with E-state index in [1.165, 1.54) is 4.90 Å². The number of hydrogen-bond donors (Lipinski definition) is 3. The first-order valence-corrected chi connectivity index (χ1v) is 11.8. The van der Waals surface area contributed by atoms with E-state index in [-0.39, 0.29) is 17.7 Å². The van der Waals surface area contributed by atoms with Crippen LogP contribution in [0, 0.1) is 0 Å². The van der Waals surface area contributed by atoms with Crippen molar-refractivity contribution in [1.29, 1.82) is 0 Å². The van der Waals surface area contributed by atoms with E-state index in [1.54, 1.807) is 24.3 Å². The fourth-order valence-corrected chi connectivity index (χ4v) is 4.34. The molecule has 7 heteroatoms. The first-order chi connectivity index (χ1) is 16.5. The number of benzene rings is 3. The van der Waals surface area contributed by atoms with Crippen LogP contribution in [-0.2, 0) is 11.2 Å². The molecule has 0 fully saturated rings. The van der Waals surface area contributed by atoms with Gasteiger partial charge in [0.1, 0.15) is 0 Å². The molecule has 1 aliphatic heterocycles. The van der Waals surface area contributed by atoms with Crippen LogP contribution in [0.25, 0.3) is 10.8 Å². The standard InChI is InChI=1S/C27H30N4O3/c1-2-3-4-8-16-31-26(33)20-13-9-12-19-23(15-14-21(24(19)20)27(31)34)29-30-25(32)22(28)17-18-10-6-5-7-11-18/h5-7,9-15,22,29H,2-4,8,16-17,28H2,1H3,(H,30,32)/t22-/m0/s1. The molecule has 3 aromatic rings. The zero-order chi connectivity index (χ0) is 24.1. The van der Waals surface area contributed by atoms with E-state index in [0.29, 0.717) is 40.6 Å². The molecule has 1 atom stereocenters. The normalized spacial score (nSPS) is 13.8. The maximum atomic E-state index is 13.1. The Balaban J connectivity index is 1.51. The van der Waals surface area contributed by atoms with Gasteiger partial charge in [-0.15, -0.1) is 0 Å². The first kappa shape index (κ1) is 23.4. The number of rotatable bonds is 10. The maximum Gasteiger partial charge on any atom is 0.261 e. The number of carbonyl (C=O) groups excluding carboxylic acids is 3. The fraction of sp³-hybridized carbons (Fsp3) is 0.296. The van der Waals surface area contributed by atoms with Crippen molar-refractivity contribution in [3.05, 3.63) is 77.4 Å². The quantitative estimate of drug-likeness (QED) is 0.242. The fourth-order valence-electron chi connectivity index (χ4n) is 4.34. The summed E-state index contributed by atoms with van der Waals surface area (Å²) in [5.74, 6) is -0.897. The second-order valence-electron chi connectivity index (χ2n) is 8.62. The second-order valence-corrected chi connectivity index (χ2v) is 8.62. The molecule has 0 aromatic heterocycles. The summed E-state index contributed by atoms with van der Waals surface area (Å²) >= 11 is 0. The van der Waals surface area contributed by atoms with Gasteiger partial charge in [-0.1, -0.05) is 68.7 Å². The molecule has 0 saturated heterocycles. The highest BCUT2D eigenvalue weighted by atomic mass is 16.2. The van der Waals surface area contributed by atoms with E-state index >= 15 is 0 Å². The number of hydrogen-bond acceptors (Lipinski definition) is 5. The summed E-state index contributed by atoms with van der Waals surface area (Å²) < 4.78 is 0. The smallest absolute Gasteiger partial charge is 0.261 e. The van der Waals surface area contributed by atoms with Crippen LogP contribution < -0.4 is 16.6 Å². The van der Waals surface area contributed by atoms with Crippen LogP contribution in [0.4, 0.5) is 5.69 Å². The molecular weight excluding hydrogens is 428 g/mol. The highest BCUT2D eigenvalue weighted by Gasteiger charge is 2.32. The summed E-state index contributed by atoms with van der Waals surface area (Å²) in [5, 5.41) is 1.30. The topological polar surface area (TPSA) is 105 Å². The number of unbranched alkanes of at least 4 members (excludes halogenated alkanes) is 3. The Morgan fingerprint density at radius 2 is 1.65 bits per heavy atom. The summed E-state index contributed by atoms with van der Waals surface area (Å²) in [6.07, 6.45) is 4.37. The average Bonchev–Trinajstić information content (AvgIpc) is 2.86. The number of carbonyl (C=O) groups is 3. The van der Waals surface area contributed by atoms with Crippen LogP contribution >= 0.6 is 0 Å². The molecule has 0 spiro atoms. The molecule has 7 nitrogen and oxygen atoms in total. The molecule has 4 N–H and O–H groups in total. The van der Waals surface area contributed by atoms with E-state index in [0.717, 1.165) is 31.2 Å². The third-order valence-electron chi connectivity index (χ3n) is 6.18. The van der Waals surface area contributed by atoms with Crippen molar-refractivity contribution >= 4 is 34.2 Å². The molecule has 176 valence electrons. The van der Waals surface area contributed by atoms with Gasteiger partial charge in [0, 0.05) is 28.4 Å². The molecule has 3 amide bonds. The Kier molecular flexibility index (Phi) is 7.23. The van der Waals surface area contributed by atoms with Crippen molar-refractivity contribution in [3.8, 4) is 0 Å². The zero-order valence-electron chi connectivity index (χ0n) is 19.3. The number of hydrazine groups is 1. The summed E-state index contributed by atoms with van der Waals surface area (Å²) in [7, 11) is 0. The van der Waals surface area contributed by atoms with Crippen molar-refractivity contribution in [1.82, 2.24) is 10.3 Å². The van der Waals surface area contributed by atoms with Gasteiger partial charge >= 0.3 is 0 Å². The van der Waals surface area contributed by atoms with Crippen LogP contribution in [0.3, 0.4) is 0 Å². The molecule has 1 aliphatic rings. The summed E-state index contributed by atoms with van der Waals surface area (Å²) in [6.45, 7) is 2.54. The third kappa shape index (κ3) is 4.79. The summed E-state index contributed by atoms with van der Waals surface area (Å²) in [5.41, 5.74) is 14.2. The van der Waals surface area contributed by atoms with Gasteiger partial charge in [0.05, 0.1) is 11.7 Å². The minimum Gasteiger partial charge on any atom is -0.320 e. The lowest BCUT2D eigenvalue weighted by Gasteiger charge is -2.28. The Morgan fingerprint density at radius 1 is 0.912 bits per heavy atom. The number of imide groups is 1. The van der Waals surface area contributed by atoms with Gasteiger partial charge < -0.3 is 5.73 Å². The maximum absolute atomic E-state index is 13.1. The van der Waals surface area contributed by atoms with E-state index in [2.05, 4.69) is 17.8 Å². The molecule has 0 radical (unpaired) electrons. The Hall–Kier alpha value is -3.71. The molecule has 0 bridgehead atoms. The van der Waals surface area contributed by atoms with Gasteiger partial charge in [-0.25, -0.2) is 0 Å². The number of nitrogens with two attached hydrogens (primary N) is 1. The van der Waals surface area contributed by atoms with Gasteiger partial charge in [-0.05, 0) is 36.6 Å². The molecule has 1 heterocycles. The lowest BCUT2D eigenvalue weighted by atomic mass is 9.93. The monoisotopic (exact) mass is 458 g/mol. The predicted molar refractivity (Wildman–Crippen MR) is 133 cm³/mol. The Labute approximate surface area is 199 Å². The van der Waals surface area contributed by atoms with E-state index in [4.69, 9.17) is 5.73 Å². The minimum absolute atomic E-state index is 0.273. The van der Waals surface area contributed by atoms with Gasteiger partial charge in [0.25, 0.3) is 17.7 Å². The van der Waals surface area contributed by atoms with Crippen LogP contribution in [0.1, 0.15) is 58.9 Å². The highest BCUT2D eigenvalue weighted by Crippen LogP contribution is 2.34. The lowest BCUT2D eigenvalue weighted by Crippen LogP contribution is -2.44. The van der Waals surface area contributed by atoms with Gasteiger partial charge in [0.15, 0.2) is 0 Å². The van der Waals surface area contributed by atoms with Gasteiger partial charge in [0.2, 0.25) is 0 Å². The van der Waals surface area contributed by atoms with E-state index in [9.17, 15) is 14.4 Å². The summed E-state index contributed by atoms with van der Waals surface area (Å²) in [6, 6.07) is 17.7. The van der Waals surface area contributed by atoms with Crippen molar-refractivity contribution < 1.29 is 14.4 Å². The van der Waals surface area contributed by atoms with Crippen molar-refractivity contribution in [2.75, 3.05) is 12.0 Å². The largest absolute Gasteiger partial charge is 0.320 e. The molecular formula is C27H30N4O3. The van der Waals surface area contributed by atoms with Crippen molar-refractivity contribution in [3.63, 3.8) is 0 Å². The average molecular weight is 459 g/mol. The SMILES string of the molecule is CCCCCCN1C(=O)c2cccc3c(NNC(=O)[C@@H](N)Cc4ccccc4)ccc(c23)C1=O.